The lowest BCUT2D eigenvalue weighted by molar-refractivity contribution is 0.326. The molecule has 1 aromatic rings. The van der Waals surface area contributed by atoms with Crippen LogP contribution in [-0.4, -0.2) is 4.98 Å². The molecule has 0 fully saturated rings. The van der Waals surface area contributed by atoms with Gasteiger partial charge < -0.3 is 5.73 Å². The van der Waals surface area contributed by atoms with E-state index in [1.807, 2.05) is 0 Å². The standard InChI is InChI=1S/C10H14Cl2N2/c1-10(2,3)8(13)6-4-7(11)9(12)14-5-6/h4-5,8H,13H2,1-3H3/t8-/m0/s1. The second-order valence-electron chi connectivity index (χ2n) is 4.38. The molecule has 1 atom stereocenters. The predicted octanol–water partition coefficient (Wildman–Crippen LogP) is 3.43. The van der Waals surface area contributed by atoms with E-state index >= 15 is 0 Å². The largest absolute Gasteiger partial charge is 0.323 e. The van der Waals surface area contributed by atoms with Crippen molar-refractivity contribution >= 4 is 23.2 Å². The first-order valence-electron chi connectivity index (χ1n) is 4.39. The summed E-state index contributed by atoms with van der Waals surface area (Å²) in [6.07, 6.45) is 1.67. The number of nitrogens with two attached hydrogens (primary N) is 1. The normalized spacial score (nSPS) is 14.1. The van der Waals surface area contributed by atoms with Crippen molar-refractivity contribution in [1.29, 1.82) is 0 Å². The fraction of sp³-hybridized carbons (Fsp3) is 0.500. The third kappa shape index (κ3) is 2.59. The van der Waals surface area contributed by atoms with Gasteiger partial charge in [0.15, 0.2) is 0 Å². The van der Waals surface area contributed by atoms with Crippen LogP contribution in [0.3, 0.4) is 0 Å². The van der Waals surface area contributed by atoms with E-state index in [0.717, 1.165) is 5.56 Å². The summed E-state index contributed by atoms with van der Waals surface area (Å²) in [5.74, 6) is 0. The molecule has 0 radical (unpaired) electrons. The number of halogens is 2. The van der Waals surface area contributed by atoms with Crippen molar-refractivity contribution in [1.82, 2.24) is 4.98 Å². The molecule has 2 N–H and O–H groups in total. The summed E-state index contributed by atoms with van der Waals surface area (Å²) in [6.45, 7) is 6.21. The fourth-order valence-corrected chi connectivity index (χ4v) is 1.38. The van der Waals surface area contributed by atoms with Gasteiger partial charge in [0.1, 0.15) is 5.15 Å². The molecule has 0 saturated heterocycles. The topological polar surface area (TPSA) is 38.9 Å². The lowest BCUT2D eigenvalue weighted by Gasteiger charge is -2.27. The van der Waals surface area contributed by atoms with Gasteiger partial charge in [-0.1, -0.05) is 44.0 Å². The number of nitrogens with zero attached hydrogens (tertiary/aromatic N) is 1. The summed E-state index contributed by atoms with van der Waals surface area (Å²) in [5, 5.41) is 0.764. The predicted molar refractivity (Wildman–Crippen MR) is 60.6 cm³/mol. The summed E-state index contributed by atoms with van der Waals surface area (Å²) >= 11 is 11.6. The summed E-state index contributed by atoms with van der Waals surface area (Å²) in [7, 11) is 0. The Labute approximate surface area is 94.4 Å². The minimum atomic E-state index is -0.0928. The van der Waals surface area contributed by atoms with Crippen LogP contribution in [0.1, 0.15) is 32.4 Å². The van der Waals surface area contributed by atoms with E-state index in [1.165, 1.54) is 0 Å². The number of hydrogen-bond acceptors (Lipinski definition) is 2. The first-order valence-corrected chi connectivity index (χ1v) is 5.14. The molecule has 1 aromatic heterocycles. The Balaban J connectivity index is 3.03. The van der Waals surface area contributed by atoms with Gasteiger partial charge in [-0.25, -0.2) is 4.98 Å². The van der Waals surface area contributed by atoms with E-state index < -0.39 is 0 Å². The first kappa shape index (κ1) is 11.8. The molecule has 4 heteroatoms. The second-order valence-corrected chi connectivity index (χ2v) is 5.15. The molecule has 0 aliphatic carbocycles. The van der Waals surface area contributed by atoms with Gasteiger partial charge >= 0.3 is 0 Å². The maximum Gasteiger partial charge on any atom is 0.147 e. The minimum absolute atomic E-state index is 0.0150. The highest BCUT2D eigenvalue weighted by atomic mass is 35.5. The minimum Gasteiger partial charge on any atom is -0.323 e. The smallest absolute Gasteiger partial charge is 0.147 e. The van der Waals surface area contributed by atoms with E-state index in [0.29, 0.717) is 10.2 Å². The van der Waals surface area contributed by atoms with Gasteiger partial charge in [0, 0.05) is 12.2 Å². The van der Waals surface area contributed by atoms with Gasteiger partial charge in [-0.05, 0) is 17.0 Å². The SMILES string of the molecule is CC(C)(C)[C@@H](N)c1cnc(Cl)c(Cl)c1. The average Bonchev–Trinajstić information content (AvgIpc) is 2.07. The van der Waals surface area contributed by atoms with Crippen LogP contribution >= 0.6 is 23.2 Å². The molecule has 0 spiro atoms. The highest BCUT2D eigenvalue weighted by Gasteiger charge is 2.22. The number of aromatic nitrogens is 1. The Hall–Kier alpha value is -0.310. The number of hydrogen-bond donors (Lipinski definition) is 1. The van der Waals surface area contributed by atoms with E-state index in [1.54, 1.807) is 12.3 Å². The van der Waals surface area contributed by atoms with Crippen LogP contribution in [0.4, 0.5) is 0 Å². The Morgan fingerprint density at radius 2 is 1.93 bits per heavy atom. The lowest BCUT2D eigenvalue weighted by Crippen LogP contribution is -2.26. The van der Waals surface area contributed by atoms with Gasteiger partial charge in [-0.2, -0.15) is 0 Å². The summed E-state index contributed by atoms with van der Waals surface area (Å²) in [5.41, 5.74) is 6.94. The van der Waals surface area contributed by atoms with Crippen LogP contribution in [0.2, 0.25) is 10.2 Å². The van der Waals surface area contributed by atoms with Crippen LogP contribution in [-0.2, 0) is 0 Å². The molecule has 1 rings (SSSR count). The van der Waals surface area contributed by atoms with Crippen molar-refractivity contribution in [3.63, 3.8) is 0 Å². The molecule has 0 aliphatic heterocycles. The molecule has 0 aromatic carbocycles. The molecule has 78 valence electrons. The Morgan fingerprint density at radius 3 is 2.36 bits per heavy atom. The molecule has 0 aliphatic rings. The molecular weight excluding hydrogens is 219 g/mol. The van der Waals surface area contributed by atoms with Gasteiger partial charge in [0.25, 0.3) is 0 Å². The quantitative estimate of drug-likeness (QED) is 0.754. The van der Waals surface area contributed by atoms with Crippen molar-refractivity contribution in [2.24, 2.45) is 11.1 Å². The lowest BCUT2D eigenvalue weighted by atomic mass is 9.84. The summed E-state index contributed by atoms with van der Waals surface area (Å²) < 4.78 is 0. The zero-order valence-corrected chi connectivity index (χ0v) is 10.0. The zero-order chi connectivity index (χ0) is 10.9. The third-order valence-corrected chi connectivity index (χ3v) is 2.80. The van der Waals surface area contributed by atoms with E-state index in [9.17, 15) is 0 Å². The fourth-order valence-electron chi connectivity index (χ4n) is 1.11. The molecule has 14 heavy (non-hydrogen) atoms. The highest BCUT2D eigenvalue weighted by molar-refractivity contribution is 6.41. The number of pyridine rings is 1. The average molecular weight is 233 g/mol. The molecule has 2 nitrogen and oxygen atoms in total. The number of rotatable bonds is 1. The first-order chi connectivity index (χ1) is 6.32. The van der Waals surface area contributed by atoms with Gasteiger partial charge in [0.2, 0.25) is 0 Å². The molecule has 0 saturated carbocycles. The van der Waals surface area contributed by atoms with E-state index in [4.69, 9.17) is 28.9 Å². The van der Waals surface area contributed by atoms with Crippen LogP contribution in [0, 0.1) is 5.41 Å². The van der Waals surface area contributed by atoms with Crippen LogP contribution < -0.4 is 5.73 Å². The third-order valence-electron chi connectivity index (χ3n) is 2.11. The van der Waals surface area contributed by atoms with Crippen LogP contribution in [0.5, 0.6) is 0 Å². The Kier molecular flexibility index (Phi) is 3.40. The van der Waals surface area contributed by atoms with Gasteiger partial charge in [0.05, 0.1) is 5.02 Å². The molecule has 0 amide bonds. The molecular formula is C10H14Cl2N2. The zero-order valence-electron chi connectivity index (χ0n) is 8.51. The monoisotopic (exact) mass is 232 g/mol. The molecule has 1 heterocycles. The highest BCUT2D eigenvalue weighted by Crippen LogP contribution is 2.32. The van der Waals surface area contributed by atoms with Crippen molar-refractivity contribution in [2.45, 2.75) is 26.8 Å². The van der Waals surface area contributed by atoms with Crippen molar-refractivity contribution in [3.8, 4) is 0 Å². The Morgan fingerprint density at radius 1 is 1.36 bits per heavy atom. The van der Waals surface area contributed by atoms with Crippen molar-refractivity contribution < 1.29 is 0 Å². The van der Waals surface area contributed by atoms with Gasteiger partial charge in [-0.15, -0.1) is 0 Å². The van der Waals surface area contributed by atoms with Crippen molar-refractivity contribution in [2.75, 3.05) is 0 Å². The van der Waals surface area contributed by atoms with E-state index in [-0.39, 0.29) is 11.5 Å². The summed E-state index contributed by atoms with van der Waals surface area (Å²) in [6, 6.07) is 1.68. The van der Waals surface area contributed by atoms with Crippen LogP contribution in [0.15, 0.2) is 12.3 Å². The summed E-state index contributed by atoms with van der Waals surface area (Å²) in [4.78, 5) is 3.97. The second kappa shape index (κ2) is 4.05. The van der Waals surface area contributed by atoms with E-state index in [2.05, 4.69) is 25.8 Å². The maximum absolute atomic E-state index is 6.05. The van der Waals surface area contributed by atoms with Crippen LogP contribution in [0.25, 0.3) is 0 Å². The van der Waals surface area contributed by atoms with Crippen molar-refractivity contribution in [3.05, 3.63) is 28.0 Å². The molecule has 0 unspecified atom stereocenters. The molecule has 0 bridgehead atoms. The maximum atomic E-state index is 6.05. The Bertz CT molecular complexity index is 331. The van der Waals surface area contributed by atoms with Gasteiger partial charge in [-0.3, -0.25) is 0 Å².